The zero-order valence-corrected chi connectivity index (χ0v) is 5.95. The van der Waals surface area contributed by atoms with Crippen molar-refractivity contribution in [1.29, 1.82) is 0 Å². The largest absolute Gasteiger partial charge is 0.481 e. The molecule has 0 aliphatic carbocycles. The third-order valence-corrected chi connectivity index (χ3v) is 0.978. The first-order chi connectivity index (χ1) is 4.66. The van der Waals surface area contributed by atoms with E-state index in [-0.39, 0.29) is 6.42 Å². The summed E-state index contributed by atoms with van der Waals surface area (Å²) in [4.78, 5) is 9.98. The first-order valence-corrected chi connectivity index (χ1v) is 3.23. The molecule has 0 saturated heterocycles. The topological polar surface area (TPSA) is 57.5 Å². The van der Waals surface area contributed by atoms with Crippen molar-refractivity contribution in [2.75, 3.05) is 0 Å². The van der Waals surface area contributed by atoms with Crippen molar-refractivity contribution in [3.05, 3.63) is 12.2 Å². The average Bonchev–Trinajstić information content (AvgIpc) is 1.82. The molecule has 2 N–H and O–H groups in total. The normalized spacial score (nSPS) is 13.8. The van der Waals surface area contributed by atoms with Gasteiger partial charge in [0, 0.05) is 0 Å². The average molecular weight is 144 g/mol. The SMILES string of the molecule is CC/C=C/[C@@H](O)CC(=O)O. The van der Waals surface area contributed by atoms with Crippen LogP contribution in [0.4, 0.5) is 0 Å². The molecule has 0 rings (SSSR count). The molecule has 0 aromatic carbocycles. The van der Waals surface area contributed by atoms with Crippen molar-refractivity contribution < 1.29 is 15.0 Å². The van der Waals surface area contributed by atoms with Crippen LogP contribution in [-0.2, 0) is 4.79 Å². The van der Waals surface area contributed by atoms with Gasteiger partial charge in [-0.15, -0.1) is 0 Å². The van der Waals surface area contributed by atoms with E-state index in [4.69, 9.17) is 10.2 Å². The van der Waals surface area contributed by atoms with E-state index in [1.54, 1.807) is 6.08 Å². The maximum Gasteiger partial charge on any atom is 0.306 e. The van der Waals surface area contributed by atoms with Crippen molar-refractivity contribution in [2.24, 2.45) is 0 Å². The maximum absolute atomic E-state index is 9.98. The number of carboxylic acid groups (broad SMARTS) is 1. The summed E-state index contributed by atoms with van der Waals surface area (Å²) in [5, 5.41) is 17.1. The number of carboxylic acids is 1. The molecule has 0 aliphatic rings. The minimum Gasteiger partial charge on any atom is -0.481 e. The summed E-state index contributed by atoms with van der Waals surface area (Å²) < 4.78 is 0. The van der Waals surface area contributed by atoms with Gasteiger partial charge in [0.1, 0.15) is 0 Å². The molecule has 0 unspecified atom stereocenters. The Balaban J connectivity index is 3.52. The summed E-state index contributed by atoms with van der Waals surface area (Å²) in [5.41, 5.74) is 0. The highest BCUT2D eigenvalue weighted by Gasteiger charge is 2.03. The van der Waals surface area contributed by atoms with Gasteiger partial charge in [-0.05, 0) is 6.42 Å². The lowest BCUT2D eigenvalue weighted by Gasteiger charge is -1.98. The predicted octanol–water partition coefficient (Wildman–Crippen LogP) is 0.788. The van der Waals surface area contributed by atoms with Crippen molar-refractivity contribution in [2.45, 2.75) is 25.9 Å². The van der Waals surface area contributed by atoms with E-state index < -0.39 is 12.1 Å². The summed E-state index contributed by atoms with van der Waals surface area (Å²) >= 11 is 0. The smallest absolute Gasteiger partial charge is 0.306 e. The number of hydrogen-bond donors (Lipinski definition) is 2. The van der Waals surface area contributed by atoms with E-state index in [1.807, 2.05) is 6.92 Å². The minimum atomic E-state index is -0.978. The lowest BCUT2D eigenvalue weighted by atomic mass is 10.2. The summed E-state index contributed by atoms with van der Waals surface area (Å²) in [5.74, 6) is -0.978. The van der Waals surface area contributed by atoms with E-state index in [0.29, 0.717) is 0 Å². The molecule has 1 atom stereocenters. The number of rotatable bonds is 4. The molecule has 0 aliphatic heterocycles. The molecular weight excluding hydrogens is 132 g/mol. The van der Waals surface area contributed by atoms with Gasteiger partial charge in [0.15, 0.2) is 0 Å². The van der Waals surface area contributed by atoms with Gasteiger partial charge in [0.05, 0.1) is 12.5 Å². The fourth-order valence-electron chi connectivity index (χ4n) is 0.540. The third-order valence-electron chi connectivity index (χ3n) is 0.978. The highest BCUT2D eigenvalue weighted by molar-refractivity contribution is 5.67. The van der Waals surface area contributed by atoms with E-state index in [2.05, 4.69) is 0 Å². The van der Waals surface area contributed by atoms with Crippen LogP contribution in [0.3, 0.4) is 0 Å². The molecule has 58 valence electrons. The molecule has 3 nitrogen and oxygen atoms in total. The van der Waals surface area contributed by atoms with Crippen LogP contribution in [-0.4, -0.2) is 22.3 Å². The number of hydrogen-bond acceptors (Lipinski definition) is 2. The van der Waals surface area contributed by atoms with Crippen LogP contribution >= 0.6 is 0 Å². The maximum atomic E-state index is 9.98. The fourth-order valence-corrected chi connectivity index (χ4v) is 0.540. The standard InChI is InChI=1S/C7H12O3/c1-2-3-4-6(8)5-7(9)10/h3-4,6,8H,2,5H2,1H3,(H,9,10)/b4-3+/t6-/m1/s1. The van der Waals surface area contributed by atoms with Gasteiger partial charge < -0.3 is 10.2 Å². The van der Waals surface area contributed by atoms with Crippen LogP contribution in [0.5, 0.6) is 0 Å². The molecule has 0 radical (unpaired) electrons. The van der Waals surface area contributed by atoms with Gasteiger partial charge in [-0.25, -0.2) is 0 Å². The molecule has 0 aromatic heterocycles. The zero-order valence-electron chi connectivity index (χ0n) is 5.95. The molecule has 0 heterocycles. The van der Waals surface area contributed by atoms with Crippen molar-refractivity contribution in [3.63, 3.8) is 0 Å². The second-order valence-electron chi connectivity index (χ2n) is 2.00. The molecule has 0 bridgehead atoms. The number of allylic oxidation sites excluding steroid dienone is 1. The lowest BCUT2D eigenvalue weighted by molar-refractivity contribution is -0.138. The van der Waals surface area contributed by atoms with Crippen LogP contribution in [0, 0.1) is 0 Å². The molecule has 0 saturated carbocycles. The Hall–Kier alpha value is -0.830. The highest BCUT2D eigenvalue weighted by atomic mass is 16.4. The van der Waals surface area contributed by atoms with Crippen molar-refractivity contribution >= 4 is 5.97 Å². The van der Waals surface area contributed by atoms with Gasteiger partial charge in [-0.2, -0.15) is 0 Å². The number of aliphatic hydroxyl groups excluding tert-OH is 1. The molecule has 0 spiro atoms. The Morgan fingerprint density at radius 3 is 2.70 bits per heavy atom. The zero-order chi connectivity index (χ0) is 7.98. The molecule has 3 heteroatoms. The summed E-state index contributed by atoms with van der Waals surface area (Å²) in [6.45, 7) is 1.92. The van der Waals surface area contributed by atoms with E-state index in [9.17, 15) is 4.79 Å². The Morgan fingerprint density at radius 2 is 2.30 bits per heavy atom. The number of aliphatic hydroxyl groups is 1. The van der Waals surface area contributed by atoms with E-state index >= 15 is 0 Å². The van der Waals surface area contributed by atoms with Crippen LogP contribution in [0.25, 0.3) is 0 Å². The molecule has 0 fully saturated rings. The Bertz CT molecular complexity index is 129. The molecule has 10 heavy (non-hydrogen) atoms. The second kappa shape index (κ2) is 4.99. The number of aliphatic carboxylic acids is 1. The first-order valence-electron chi connectivity index (χ1n) is 3.23. The second-order valence-corrected chi connectivity index (χ2v) is 2.00. The quantitative estimate of drug-likeness (QED) is 0.573. The molecular formula is C7H12O3. The van der Waals surface area contributed by atoms with Gasteiger partial charge in [0.2, 0.25) is 0 Å². The molecule has 0 amide bonds. The third kappa shape index (κ3) is 5.31. The van der Waals surface area contributed by atoms with E-state index in [0.717, 1.165) is 6.42 Å². The van der Waals surface area contributed by atoms with Crippen LogP contribution in [0.2, 0.25) is 0 Å². The Kier molecular flexibility index (Phi) is 4.58. The van der Waals surface area contributed by atoms with Crippen molar-refractivity contribution in [3.8, 4) is 0 Å². The Morgan fingerprint density at radius 1 is 1.70 bits per heavy atom. The van der Waals surface area contributed by atoms with Gasteiger partial charge in [-0.3, -0.25) is 4.79 Å². The van der Waals surface area contributed by atoms with Crippen molar-refractivity contribution in [1.82, 2.24) is 0 Å². The predicted molar refractivity (Wildman–Crippen MR) is 37.7 cm³/mol. The number of carbonyl (C=O) groups is 1. The monoisotopic (exact) mass is 144 g/mol. The minimum absolute atomic E-state index is 0.212. The summed E-state index contributed by atoms with van der Waals surface area (Å²) in [6, 6.07) is 0. The van der Waals surface area contributed by atoms with Crippen LogP contribution < -0.4 is 0 Å². The van der Waals surface area contributed by atoms with E-state index in [1.165, 1.54) is 6.08 Å². The summed E-state index contributed by atoms with van der Waals surface area (Å²) in [6.07, 6.45) is 3.01. The molecule has 0 aromatic rings. The van der Waals surface area contributed by atoms with Crippen LogP contribution in [0.1, 0.15) is 19.8 Å². The fraction of sp³-hybridized carbons (Fsp3) is 0.571. The summed E-state index contributed by atoms with van der Waals surface area (Å²) in [7, 11) is 0. The van der Waals surface area contributed by atoms with Crippen LogP contribution in [0.15, 0.2) is 12.2 Å². The Labute approximate surface area is 60.0 Å². The highest BCUT2D eigenvalue weighted by Crippen LogP contribution is 1.94. The van der Waals surface area contributed by atoms with Gasteiger partial charge in [0.25, 0.3) is 0 Å². The van der Waals surface area contributed by atoms with Gasteiger partial charge in [-0.1, -0.05) is 19.1 Å². The lowest BCUT2D eigenvalue weighted by Crippen LogP contribution is -2.09. The van der Waals surface area contributed by atoms with Gasteiger partial charge >= 0.3 is 5.97 Å². The first kappa shape index (κ1) is 9.17.